The highest BCUT2D eigenvalue weighted by Gasteiger charge is 2.20. The molecule has 0 unspecified atom stereocenters. The number of hydrogen-bond donors (Lipinski definition) is 2. The molecule has 0 saturated carbocycles. The third-order valence-corrected chi connectivity index (χ3v) is 7.01. The van der Waals surface area contributed by atoms with E-state index in [0.717, 1.165) is 24.2 Å². The normalized spacial score (nSPS) is 13.9. The van der Waals surface area contributed by atoms with Crippen molar-refractivity contribution in [3.05, 3.63) is 58.4 Å². The lowest BCUT2D eigenvalue weighted by Gasteiger charge is -2.16. The van der Waals surface area contributed by atoms with Crippen LogP contribution in [0.3, 0.4) is 0 Å². The van der Waals surface area contributed by atoms with Crippen LogP contribution < -0.4 is 16.1 Å². The van der Waals surface area contributed by atoms with Gasteiger partial charge in [-0.05, 0) is 81.3 Å². The molecule has 1 aromatic carbocycles. The number of hydrogen-bond acceptors (Lipinski definition) is 6. The molecule has 162 valence electrons. The first-order chi connectivity index (χ1) is 14.8. The number of rotatable bonds is 5. The molecule has 0 spiro atoms. The van der Waals surface area contributed by atoms with Crippen LogP contribution in [-0.4, -0.2) is 28.3 Å². The molecule has 4 rings (SSSR count). The summed E-state index contributed by atoms with van der Waals surface area (Å²) in [6, 6.07) is 10.2. The zero-order valence-corrected chi connectivity index (χ0v) is 19.7. The molecule has 0 saturated heterocycles. The van der Waals surface area contributed by atoms with Gasteiger partial charge in [-0.1, -0.05) is 24.1 Å². The number of aryl methyl sites for hydroxylation is 3. The zero-order chi connectivity index (χ0) is 22.0. The Balaban J connectivity index is 1.60. The molecule has 31 heavy (non-hydrogen) atoms. The van der Waals surface area contributed by atoms with Gasteiger partial charge in [0.1, 0.15) is 17.6 Å². The van der Waals surface area contributed by atoms with Gasteiger partial charge in [0, 0.05) is 11.4 Å². The molecule has 3 aromatic rings. The van der Waals surface area contributed by atoms with Crippen molar-refractivity contribution in [2.24, 2.45) is 0 Å². The molecule has 1 aliphatic carbocycles. The fraction of sp³-hybridized carbons (Fsp3) is 0.348. The number of halogens is 1. The molecule has 0 amide bonds. The molecule has 6 nitrogen and oxygen atoms in total. The number of pyridine rings is 1. The van der Waals surface area contributed by atoms with Crippen LogP contribution in [-0.2, 0) is 17.4 Å². The Morgan fingerprint density at radius 3 is 2.52 bits per heavy atom. The summed E-state index contributed by atoms with van der Waals surface area (Å²) in [5, 5.41) is 6.87. The molecule has 0 radical (unpaired) electrons. The van der Waals surface area contributed by atoms with E-state index in [1.165, 1.54) is 30.4 Å². The summed E-state index contributed by atoms with van der Waals surface area (Å²) in [4.78, 5) is 13.4. The Morgan fingerprint density at radius 2 is 1.74 bits per heavy atom. The third kappa shape index (κ3) is 5.25. The molecule has 0 fully saturated rings. The second kappa shape index (κ2) is 8.97. The van der Waals surface area contributed by atoms with E-state index in [2.05, 4.69) is 43.8 Å². The Labute approximate surface area is 188 Å². The van der Waals surface area contributed by atoms with Crippen LogP contribution >= 0.6 is 18.7 Å². The molecule has 2 heterocycles. The van der Waals surface area contributed by atoms with Crippen LogP contribution in [0.1, 0.15) is 36.1 Å². The number of fused-ring (bicyclic) bond motifs is 1. The first-order valence-electron chi connectivity index (χ1n) is 10.5. The van der Waals surface area contributed by atoms with Gasteiger partial charge < -0.3 is 15.2 Å². The van der Waals surface area contributed by atoms with Crippen molar-refractivity contribution in [2.45, 2.75) is 39.0 Å². The number of aromatic nitrogens is 3. The van der Waals surface area contributed by atoms with E-state index < -0.39 is 7.14 Å². The summed E-state index contributed by atoms with van der Waals surface area (Å²) in [6.45, 7) is 5.28. The van der Waals surface area contributed by atoms with Crippen LogP contribution in [0.5, 0.6) is 0 Å². The molecule has 2 aromatic heterocycles. The Bertz CT molecular complexity index is 1160. The average molecular weight is 456 g/mol. The maximum atomic E-state index is 12.7. The average Bonchev–Trinajstić information content (AvgIpc) is 2.96. The first kappa shape index (κ1) is 21.8. The molecule has 1 aliphatic rings. The van der Waals surface area contributed by atoms with Gasteiger partial charge in [0.2, 0.25) is 5.95 Å². The second-order valence-electron chi connectivity index (χ2n) is 8.36. The summed E-state index contributed by atoms with van der Waals surface area (Å²) < 4.78 is 12.7. The van der Waals surface area contributed by atoms with Gasteiger partial charge in [-0.2, -0.15) is 4.98 Å². The minimum absolute atomic E-state index is 0.376. The molecule has 8 heteroatoms. The van der Waals surface area contributed by atoms with Crippen LogP contribution in [0.4, 0.5) is 23.1 Å². The lowest BCUT2D eigenvalue weighted by atomic mass is 10.0. The molecule has 0 atom stereocenters. The van der Waals surface area contributed by atoms with E-state index in [1.807, 2.05) is 19.1 Å². The van der Waals surface area contributed by atoms with E-state index in [1.54, 1.807) is 19.5 Å². The highest BCUT2D eigenvalue weighted by atomic mass is 35.5. The van der Waals surface area contributed by atoms with Gasteiger partial charge in [0.25, 0.3) is 0 Å². The maximum absolute atomic E-state index is 12.7. The predicted octanol–water partition coefficient (Wildman–Crippen LogP) is 5.84. The quantitative estimate of drug-likeness (QED) is 0.371. The number of nitrogens with one attached hydrogen (secondary N) is 2. The highest BCUT2D eigenvalue weighted by molar-refractivity contribution is 7.70. The maximum Gasteiger partial charge on any atom is 0.229 e. The van der Waals surface area contributed by atoms with E-state index in [4.69, 9.17) is 11.6 Å². The fourth-order valence-electron chi connectivity index (χ4n) is 3.81. The summed E-state index contributed by atoms with van der Waals surface area (Å²) >= 11 is 6.36. The van der Waals surface area contributed by atoms with E-state index in [0.29, 0.717) is 27.9 Å². The zero-order valence-electron chi connectivity index (χ0n) is 18.1. The molecule has 0 bridgehead atoms. The topological polar surface area (TPSA) is 79.8 Å². The Hall–Kier alpha value is -2.43. The third-order valence-electron chi connectivity index (χ3n) is 5.38. The van der Waals surface area contributed by atoms with Gasteiger partial charge >= 0.3 is 0 Å². The van der Waals surface area contributed by atoms with Crippen molar-refractivity contribution in [1.82, 2.24) is 15.0 Å². The molecular weight excluding hydrogens is 429 g/mol. The monoisotopic (exact) mass is 455 g/mol. The Kier molecular flexibility index (Phi) is 6.31. The second-order valence-corrected chi connectivity index (χ2v) is 11.9. The van der Waals surface area contributed by atoms with E-state index in [9.17, 15) is 4.57 Å². The van der Waals surface area contributed by atoms with Crippen LogP contribution in [0.25, 0.3) is 0 Å². The van der Waals surface area contributed by atoms with Crippen molar-refractivity contribution in [1.29, 1.82) is 0 Å². The smallest absolute Gasteiger partial charge is 0.229 e. The molecule has 0 aliphatic heterocycles. The van der Waals surface area contributed by atoms with Crippen molar-refractivity contribution >= 4 is 47.3 Å². The first-order valence-corrected chi connectivity index (χ1v) is 13.5. The summed E-state index contributed by atoms with van der Waals surface area (Å²) in [5.74, 6) is 0.882. The van der Waals surface area contributed by atoms with Crippen molar-refractivity contribution in [3.63, 3.8) is 0 Å². The number of nitrogens with zero attached hydrogens (tertiary/aromatic N) is 3. The molecule has 2 N–H and O–H groups in total. The molecular formula is C23H27ClN5OP. The SMILES string of the molecule is Cc1ccc(Nc2nc(Nc3ccc4c(c3)CCCCC4)ncc2Cl)c(P(C)(C)=O)n1. The van der Waals surface area contributed by atoms with Gasteiger partial charge in [-0.25, -0.2) is 9.97 Å². The van der Waals surface area contributed by atoms with E-state index in [-0.39, 0.29) is 0 Å². The van der Waals surface area contributed by atoms with Gasteiger partial charge in [0.05, 0.1) is 11.9 Å². The Morgan fingerprint density at radius 1 is 0.968 bits per heavy atom. The van der Waals surface area contributed by atoms with E-state index >= 15 is 0 Å². The van der Waals surface area contributed by atoms with Crippen LogP contribution in [0, 0.1) is 6.92 Å². The largest absolute Gasteiger partial charge is 0.337 e. The van der Waals surface area contributed by atoms with Crippen molar-refractivity contribution in [3.8, 4) is 0 Å². The van der Waals surface area contributed by atoms with Crippen LogP contribution in [0.15, 0.2) is 36.5 Å². The summed E-state index contributed by atoms with van der Waals surface area (Å²) in [7, 11) is -2.59. The fourth-order valence-corrected chi connectivity index (χ4v) is 5.06. The van der Waals surface area contributed by atoms with Crippen LogP contribution in [0.2, 0.25) is 5.02 Å². The van der Waals surface area contributed by atoms with Gasteiger partial charge in [-0.3, -0.25) is 0 Å². The summed E-state index contributed by atoms with van der Waals surface area (Å²) in [5.41, 5.74) is 5.76. The predicted molar refractivity (Wildman–Crippen MR) is 129 cm³/mol. The highest BCUT2D eigenvalue weighted by Crippen LogP contribution is 2.38. The minimum atomic E-state index is -2.59. The lowest BCUT2D eigenvalue weighted by Crippen LogP contribution is -2.15. The summed E-state index contributed by atoms with van der Waals surface area (Å²) in [6.07, 6.45) is 7.58. The number of anilines is 4. The standard InChI is InChI=1S/C23H27ClN5OP/c1-15-9-12-20(22(26-15)31(2,3)30)28-21-19(24)14-25-23(29-21)27-18-11-10-16-7-5-4-6-8-17(16)13-18/h9-14H,4-8H2,1-3H3,(H2,25,27,28,29). The van der Waals surface area contributed by atoms with Gasteiger partial charge in [-0.15, -0.1) is 0 Å². The van der Waals surface area contributed by atoms with Gasteiger partial charge in [0.15, 0.2) is 5.82 Å². The number of benzene rings is 1. The lowest BCUT2D eigenvalue weighted by molar-refractivity contribution is 0.588. The van der Waals surface area contributed by atoms with Crippen molar-refractivity contribution < 1.29 is 4.57 Å². The van der Waals surface area contributed by atoms with Crippen molar-refractivity contribution in [2.75, 3.05) is 24.0 Å². The minimum Gasteiger partial charge on any atom is -0.337 e.